The molecule has 9 heteroatoms. The number of hydrogen-bond donors (Lipinski definition) is 2. The Kier molecular flexibility index (Phi) is 3.87. The molecular weight excluding hydrogens is 362 g/mol. The Morgan fingerprint density at radius 2 is 2.07 bits per heavy atom. The minimum Gasteiger partial charge on any atom is -0.356 e. The molecule has 2 N–H and O–H groups in total. The van der Waals surface area contributed by atoms with Crippen LogP contribution in [0, 0.1) is 6.92 Å². The third-order valence-corrected chi connectivity index (χ3v) is 6.10. The molecule has 3 aliphatic rings. The van der Waals surface area contributed by atoms with Crippen LogP contribution in [0.3, 0.4) is 0 Å². The number of hydrazone groups is 1. The molecule has 8 nitrogen and oxygen atoms in total. The van der Waals surface area contributed by atoms with E-state index in [4.69, 9.17) is 0 Å². The van der Waals surface area contributed by atoms with Crippen LogP contribution in [0.25, 0.3) is 10.9 Å². The number of carbonyl (C=O) groups excluding carboxylic acids is 1. The Morgan fingerprint density at radius 1 is 1.26 bits per heavy atom. The number of rotatable bonds is 2. The third-order valence-electron chi connectivity index (χ3n) is 5.02. The Bertz CT molecular complexity index is 989. The summed E-state index contributed by atoms with van der Waals surface area (Å²) in [6.45, 7) is 5.71. The molecule has 1 fully saturated rings. The van der Waals surface area contributed by atoms with Gasteiger partial charge in [0.2, 0.25) is 0 Å². The summed E-state index contributed by atoms with van der Waals surface area (Å²) in [4.78, 5) is 14.8. The number of aryl methyl sites for hydroxylation is 2. The largest absolute Gasteiger partial charge is 0.356 e. The van der Waals surface area contributed by atoms with Crippen LogP contribution in [0.1, 0.15) is 11.1 Å². The quantitative estimate of drug-likeness (QED) is 0.797. The molecule has 27 heavy (non-hydrogen) atoms. The summed E-state index contributed by atoms with van der Waals surface area (Å²) in [6, 6.07) is 4.18. The average Bonchev–Trinajstić information content (AvgIpc) is 3.26. The second kappa shape index (κ2) is 6.28. The Hall–Kier alpha value is -2.52. The van der Waals surface area contributed by atoms with Crippen molar-refractivity contribution in [1.29, 1.82) is 0 Å². The van der Waals surface area contributed by atoms with Crippen molar-refractivity contribution in [2.45, 2.75) is 12.4 Å². The Balaban J connectivity index is 1.41. The lowest BCUT2D eigenvalue weighted by Gasteiger charge is -2.36. The first-order valence-corrected chi connectivity index (χ1v) is 9.93. The lowest BCUT2D eigenvalue weighted by Crippen LogP contribution is -2.52. The van der Waals surface area contributed by atoms with Crippen LogP contribution in [0.2, 0.25) is 0 Å². The number of fused-ring (bicyclic) bond motifs is 2. The molecule has 4 heterocycles. The summed E-state index contributed by atoms with van der Waals surface area (Å²) in [5, 5.41) is 19.4. The zero-order valence-electron chi connectivity index (χ0n) is 15.3. The Morgan fingerprint density at radius 3 is 2.89 bits per heavy atom. The molecule has 1 unspecified atom stereocenters. The summed E-state index contributed by atoms with van der Waals surface area (Å²) in [5.74, 6) is 0.819. The highest BCUT2D eigenvalue weighted by Crippen LogP contribution is 2.33. The van der Waals surface area contributed by atoms with Crippen LogP contribution >= 0.6 is 11.8 Å². The van der Waals surface area contributed by atoms with Gasteiger partial charge in [-0.3, -0.25) is 9.48 Å². The van der Waals surface area contributed by atoms with Crippen LogP contribution in [-0.4, -0.2) is 62.3 Å². The van der Waals surface area contributed by atoms with Gasteiger partial charge in [-0.2, -0.15) is 15.2 Å². The molecule has 1 aromatic heterocycles. The molecule has 1 atom stereocenters. The second-order valence-corrected chi connectivity index (χ2v) is 8.07. The number of piperazine rings is 1. The van der Waals surface area contributed by atoms with Gasteiger partial charge in [-0.1, -0.05) is 11.8 Å². The zero-order valence-corrected chi connectivity index (χ0v) is 16.1. The minimum absolute atomic E-state index is 0.0750. The molecule has 0 radical (unpaired) electrons. The zero-order chi connectivity index (χ0) is 18.5. The van der Waals surface area contributed by atoms with E-state index < -0.39 is 0 Å². The van der Waals surface area contributed by atoms with Gasteiger partial charge in [0.25, 0.3) is 5.91 Å². The highest BCUT2D eigenvalue weighted by molar-refractivity contribution is 8.15. The van der Waals surface area contributed by atoms with Crippen molar-refractivity contribution >= 4 is 33.6 Å². The van der Waals surface area contributed by atoms with Gasteiger partial charge in [-0.25, -0.2) is 0 Å². The van der Waals surface area contributed by atoms with Crippen molar-refractivity contribution in [1.82, 2.24) is 30.3 Å². The number of nitrogens with zero attached hydrogens (tertiary/aromatic N) is 5. The van der Waals surface area contributed by atoms with Gasteiger partial charge >= 0.3 is 0 Å². The van der Waals surface area contributed by atoms with Crippen molar-refractivity contribution in [2.75, 3.05) is 26.2 Å². The smallest absolute Gasteiger partial charge is 0.273 e. The van der Waals surface area contributed by atoms with Crippen LogP contribution in [0.15, 0.2) is 35.3 Å². The van der Waals surface area contributed by atoms with Crippen LogP contribution < -0.4 is 10.6 Å². The predicted octanol–water partition coefficient (Wildman–Crippen LogP) is 0.752. The number of aromatic nitrogens is 2. The molecule has 2 aromatic rings. The number of nitrogens with one attached hydrogen (secondary N) is 2. The van der Waals surface area contributed by atoms with Crippen LogP contribution in [-0.2, 0) is 11.8 Å². The normalized spacial score (nSPS) is 22.6. The summed E-state index contributed by atoms with van der Waals surface area (Å²) in [6.07, 6.45) is 3.66. The fourth-order valence-electron chi connectivity index (χ4n) is 3.70. The first-order valence-electron chi connectivity index (χ1n) is 9.05. The molecule has 0 saturated carbocycles. The lowest BCUT2D eigenvalue weighted by atomic mass is 10.1. The van der Waals surface area contributed by atoms with Gasteiger partial charge in [0.1, 0.15) is 10.9 Å². The molecule has 140 valence electrons. The van der Waals surface area contributed by atoms with Gasteiger partial charge in [0, 0.05) is 56.4 Å². The monoisotopic (exact) mass is 383 g/mol. The van der Waals surface area contributed by atoms with Crippen molar-refractivity contribution < 1.29 is 4.79 Å². The molecule has 1 aromatic carbocycles. The molecule has 1 saturated heterocycles. The molecule has 5 rings (SSSR count). The van der Waals surface area contributed by atoms with E-state index >= 15 is 0 Å². The topological polar surface area (TPSA) is 77.8 Å². The summed E-state index contributed by atoms with van der Waals surface area (Å²) in [7, 11) is 1.92. The number of benzene rings is 1. The molecule has 0 bridgehead atoms. The van der Waals surface area contributed by atoms with E-state index in [2.05, 4.69) is 44.8 Å². The number of carbonyl (C=O) groups is 1. The van der Waals surface area contributed by atoms with Crippen molar-refractivity contribution in [2.24, 2.45) is 12.1 Å². The van der Waals surface area contributed by atoms with Gasteiger partial charge in [-0.05, 0) is 24.6 Å². The molecule has 1 amide bonds. The minimum atomic E-state index is -0.202. The van der Waals surface area contributed by atoms with E-state index in [1.807, 2.05) is 17.9 Å². The van der Waals surface area contributed by atoms with Crippen molar-refractivity contribution in [3.63, 3.8) is 0 Å². The third kappa shape index (κ3) is 2.87. The highest BCUT2D eigenvalue weighted by atomic mass is 32.2. The maximum absolute atomic E-state index is 12.6. The maximum Gasteiger partial charge on any atom is 0.273 e. The lowest BCUT2D eigenvalue weighted by molar-refractivity contribution is -0.128. The predicted molar refractivity (Wildman–Crippen MR) is 106 cm³/mol. The van der Waals surface area contributed by atoms with Crippen LogP contribution in [0.4, 0.5) is 0 Å². The second-order valence-electron chi connectivity index (χ2n) is 7.00. The first-order chi connectivity index (χ1) is 13.1. The molecule has 0 spiro atoms. The van der Waals surface area contributed by atoms with E-state index in [1.54, 1.807) is 17.8 Å². The average molecular weight is 383 g/mol. The molecule has 0 aliphatic carbocycles. The first kappa shape index (κ1) is 16.6. The van der Waals surface area contributed by atoms with E-state index in [1.165, 1.54) is 5.01 Å². The summed E-state index contributed by atoms with van der Waals surface area (Å²) in [5.41, 5.74) is 2.92. The fourth-order valence-corrected chi connectivity index (χ4v) is 4.73. The fraction of sp³-hybridized carbons (Fsp3) is 0.389. The van der Waals surface area contributed by atoms with Gasteiger partial charge in [0.05, 0.1) is 5.52 Å². The molecule has 3 aliphatic heterocycles. The summed E-state index contributed by atoms with van der Waals surface area (Å²) < 4.78 is 1.82. The van der Waals surface area contributed by atoms with E-state index in [-0.39, 0.29) is 11.4 Å². The SMILES string of the molecule is Cc1cc(C2=NN3C(=O)C=C(N4CCNCC4)NC3S2)cc2cn(C)nc12. The van der Waals surface area contributed by atoms with Gasteiger partial charge in [0.15, 0.2) is 5.50 Å². The number of thioether (sulfide) groups is 1. The van der Waals surface area contributed by atoms with Crippen LogP contribution in [0.5, 0.6) is 0 Å². The number of hydrogen-bond acceptors (Lipinski definition) is 7. The standard InChI is InChI=1S/C18H21N7OS/c1-11-7-12(8-13-10-23(2)21-16(11)13)17-22-25-15(26)9-14(20-18(25)27-17)24-5-3-19-4-6-24/h7-10,18-20H,3-6H2,1-2H3. The maximum atomic E-state index is 12.6. The highest BCUT2D eigenvalue weighted by Gasteiger charge is 2.37. The molecular formula is C18H21N7OS. The van der Waals surface area contributed by atoms with E-state index in [0.29, 0.717) is 0 Å². The number of amides is 1. The van der Waals surface area contributed by atoms with E-state index in [0.717, 1.165) is 59.1 Å². The van der Waals surface area contributed by atoms with Crippen molar-refractivity contribution in [3.8, 4) is 0 Å². The Labute approximate surface area is 161 Å². The summed E-state index contributed by atoms with van der Waals surface area (Å²) >= 11 is 1.58. The van der Waals surface area contributed by atoms with Gasteiger partial charge in [-0.15, -0.1) is 0 Å². The van der Waals surface area contributed by atoms with Crippen molar-refractivity contribution in [3.05, 3.63) is 41.4 Å². The van der Waals surface area contributed by atoms with E-state index in [9.17, 15) is 4.79 Å². The van der Waals surface area contributed by atoms with Gasteiger partial charge < -0.3 is 15.5 Å².